The van der Waals surface area contributed by atoms with Crippen LogP contribution in [0.2, 0.25) is 0 Å². The Kier molecular flexibility index (Phi) is 4.74. The summed E-state index contributed by atoms with van der Waals surface area (Å²) in [6.45, 7) is 0.685. The Labute approximate surface area is 113 Å². The van der Waals surface area contributed by atoms with E-state index >= 15 is 0 Å². The van der Waals surface area contributed by atoms with E-state index in [1.165, 1.54) is 31.3 Å². The molecule has 19 heavy (non-hydrogen) atoms. The van der Waals surface area contributed by atoms with Crippen molar-refractivity contribution in [3.63, 3.8) is 0 Å². The standard InChI is InChI=1S/C16H18N2O/c17-12-14-6-8-15(9-7-14)16(19)18-11-10-13-4-2-1-3-5-13/h4,6-9H,1-3,5,10-11H2,(H,18,19). The molecule has 1 aliphatic rings. The highest BCUT2D eigenvalue weighted by Gasteiger charge is 2.06. The normalized spacial score (nSPS) is 14.4. The molecule has 0 saturated carbocycles. The van der Waals surface area contributed by atoms with Gasteiger partial charge in [0.15, 0.2) is 0 Å². The second-order valence-electron chi connectivity index (χ2n) is 4.80. The summed E-state index contributed by atoms with van der Waals surface area (Å²) in [5.41, 5.74) is 2.65. The molecule has 3 nitrogen and oxygen atoms in total. The third-order valence-electron chi connectivity index (χ3n) is 3.39. The topological polar surface area (TPSA) is 52.9 Å². The maximum absolute atomic E-state index is 11.9. The van der Waals surface area contributed by atoms with Gasteiger partial charge in [0.25, 0.3) is 5.91 Å². The Hall–Kier alpha value is -2.08. The molecular weight excluding hydrogens is 236 g/mol. The number of hydrogen-bond acceptors (Lipinski definition) is 2. The quantitative estimate of drug-likeness (QED) is 0.839. The number of nitrogens with one attached hydrogen (secondary N) is 1. The molecule has 0 heterocycles. The van der Waals surface area contributed by atoms with Crippen LogP contribution in [-0.4, -0.2) is 12.5 Å². The zero-order valence-corrected chi connectivity index (χ0v) is 11.0. The molecule has 1 aromatic rings. The van der Waals surface area contributed by atoms with Gasteiger partial charge in [-0.3, -0.25) is 4.79 Å². The van der Waals surface area contributed by atoms with E-state index < -0.39 is 0 Å². The number of carbonyl (C=O) groups excluding carboxylic acids is 1. The molecule has 0 fully saturated rings. The van der Waals surface area contributed by atoms with E-state index in [0.29, 0.717) is 17.7 Å². The number of allylic oxidation sites excluding steroid dienone is 1. The Morgan fingerprint density at radius 3 is 2.68 bits per heavy atom. The van der Waals surface area contributed by atoms with Crippen LogP contribution in [-0.2, 0) is 0 Å². The van der Waals surface area contributed by atoms with Crippen molar-refractivity contribution in [2.75, 3.05) is 6.54 Å². The van der Waals surface area contributed by atoms with E-state index in [9.17, 15) is 4.79 Å². The van der Waals surface area contributed by atoms with Gasteiger partial charge >= 0.3 is 0 Å². The minimum atomic E-state index is -0.0686. The maximum Gasteiger partial charge on any atom is 0.251 e. The molecular formula is C16H18N2O. The highest BCUT2D eigenvalue weighted by atomic mass is 16.1. The van der Waals surface area contributed by atoms with Crippen molar-refractivity contribution < 1.29 is 4.79 Å². The van der Waals surface area contributed by atoms with Crippen LogP contribution in [0.3, 0.4) is 0 Å². The number of nitriles is 1. The second kappa shape index (κ2) is 6.75. The molecule has 1 amide bonds. The van der Waals surface area contributed by atoms with Gasteiger partial charge in [0, 0.05) is 12.1 Å². The van der Waals surface area contributed by atoms with Crippen molar-refractivity contribution in [2.45, 2.75) is 32.1 Å². The first kappa shape index (κ1) is 13.4. The van der Waals surface area contributed by atoms with Crippen LogP contribution in [0.4, 0.5) is 0 Å². The second-order valence-corrected chi connectivity index (χ2v) is 4.80. The summed E-state index contributed by atoms with van der Waals surface area (Å²) in [5, 5.41) is 11.6. The van der Waals surface area contributed by atoms with E-state index in [2.05, 4.69) is 11.4 Å². The van der Waals surface area contributed by atoms with Crippen LogP contribution in [0.15, 0.2) is 35.9 Å². The van der Waals surface area contributed by atoms with E-state index in [-0.39, 0.29) is 5.91 Å². The van der Waals surface area contributed by atoms with Crippen LogP contribution in [0.5, 0.6) is 0 Å². The number of amides is 1. The summed E-state index contributed by atoms with van der Waals surface area (Å²) >= 11 is 0. The number of carbonyl (C=O) groups is 1. The van der Waals surface area contributed by atoms with Crippen molar-refractivity contribution in [1.82, 2.24) is 5.32 Å². The fourth-order valence-corrected chi connectivity index (χ4v) is 2.27. The summed E-state index contributed by atoms with van der Waals surface area (Å²) < 4.78 is 0. The fraction of sp³-hybridized carbons (Fsp3) is 0.375. The van der Waals surface area contributed by atoms with E-state index in [1.807, 2.05) is 6.07 Å². The van der Waals surface area contributed by atoms with Gasteiger partial charge in [-0.1, -0.05) is 11.6 Å². The zero-order valence-electron chi connectivity index (χ0n) is 11.0. The Balaban J connectivity index is 1.80. The van der Waals surface area contributed by atoms with E-state index in [0.717, 1.165) is 6.42 Å². The molecule has 98 valence electrons. The van der Waals surface area contributed by atoms with Gasteiger partial charge < -0.3 is 5.32 Å². The van der Waals surface area contributed by atoms with Gasteiger partial charge in [0.1, 0.15) is 0 Å². The highest BCUT2D eigenvalue weighted by Crippen LogP contribution is 2.19. The van der Waals surface area contributed by atoms with E-state index in [1.54, 1.807) is 24.3 Å². The van der Waals surface area contributed by atoms with Crippen LogP contribution < -0.4 is 5.32 Å². The van der Waals surface area contributed by atoms with Crippen LogP contribution in [0.25, 0.3) is 0 Å². The number of hydrogen-bond donors (Lipinski definition) is 1. The first-order chi connectivity index (χ1) is 9.29. The molecule has 0 bridgehead atoms. The summed E-state index contributed by atoms with van der Waals surface area (Å²) in [5.74, 6) is -0.0686. The molecule has 0 saturated heterocycles. The predicted molar refractivity (Wildman–Crippen MR) is 74.7 cm³/mol. The lowest BCUT2D eigenvalue weighted by Gasteiger charge is -2.12. The lowest BCUT2D eigenvalue weighted by atomic mass is 9.97. The van der Waals surface area contributed by atoms with Crippen molar-refractivity contribution in [3.05, 3.63) is 47.0 Å². The lowest BCUT2D eigenvalue weighted by molar-refractivity contribution is 0.0954. The summed E-state index contributed by atoms with van der Waals surface area (Å²) in [4.78, 5) is 11.9. The monoisotopic (exact) mass is 254 g/mol. The molecule has 0 aromatic heterocycles. The molecule has 0 atom stereocenters. The minimum absolute atomic E-state index is 0.0686. The zero-order chi connectivity index (χ0) is 13.5. The van der Waals surface area contributed by atoms with Crippen molar-refractivity contribution in [3.8, 4) is 6.07 Å². The number of rotatable bonds is 4. The molecule has 1 N–H and O–H groups in total. The van der Waals surface area contributed by atoms with Crippen molar-refractivity contribution >= 4 is 5.91 Å². The third-order valence-corrected chi connectivity index (χ3v) is 3.39. The third kappa shape index (κ3) is 3.96. The maximum atomic E-state index is 11.9. The number of nitrogens with zero attached hydrogens (tertiary/aromatic N) is 1. The largest absolute Gasteiger partial charge is 0.352 e. The number of benzene rings is 1. The van der Waals surface area contributed by atoms with Crippen molar-refractivity contribution in [2.24, 2.45) is 0 Å². The van der Waals surface area contributed by atoms with Crippen molar-refractivity contribution in [1.29, 1.82) is 5.26 Å². The summed E-state index contributed by atoms with van der Waals surface area (Å²) in [7, 11) is 0. The lowest BCUT2D eigenvalue weighted by Crippen LogP contribution is -2.24. The molecule has 3 heteroatoms. The predicted octanol–water partition coefficient (Wildman–Crippen LogP) is 3.18. The smallest absolute Gasteiger partial charge is 0.251 e. The molecule has 0 unspecified atom stereocenters. The Bertz CT molecular complexity index is 509. The minimum Gasteiger partial charge on any atom is -0.352 e. The van der Waals surface area contributed by atoms with E-state index in [4.69, 9.17) is 5.26 Å². The molecule has 2 rings (SSSR count). The van der Waals surface area contributed by atoms with Gasteiger partial charge in [-0.05, 0) is 56.4 Å². The van der Waals surface area contributed by atoms with Crippen LogP contribution in [0, 0.1) is 11.3 Å². The van der Waals surface area contributed by atoms with Gasteiger partial charge in [0.2, 0.25) is 0 Å². The summed E-state index contributed by atoms with van der Waals surface area (Å²) in [6, 6.07) is 8.75. The van der Waals surface area contributed by atoms with Crippen LogP contribution >= 0.6 is 0 Å². The first-order valence-electron chi connectivity index (χ1n) is 6.76. The highest BCUT2D eigenvalue weighted by molar-refractivity contribution is 5.94. The fourth-order valence-electron chi connectivity index (χ4n) is 2.27. The molecule has 1 aromatic carbocycles. The molecule has 0 radical (unpaired) electrons. The molecule has 0 aliphatic heterocycles. The van der Waals surface area contributed by atoms with Gasteiger partial charge in [-0.2, -0.15) is 5.26 Å². The Morgan fingerprint density at radius 2 is 2.05 bits per heavy atom. The SMILES string of the molecule is N#Cc1ccc(C(=O)NCCC2=CCCCC2)cc1. The van der Waals surface area contributed by atoms with Gasteiger partial charge in [0.05, 0.1) is 11.6 Å². The molecule has 1 aliphatic carbocycles. The Morgan fingerprint density at radius 1 is 1.26 bits per heavy atom. The average molecular weight is 254 g/mol. The molecule has 0 spiro atoms. The average Bonchev–Trinajstić information content (AvgIpc) is 2.48. The summed E-state index contributed by atoms with van der Waals surface area (Å²) in [6.07, 6.45) is 8.17. The first-order valence-corrected chi connectivity index (χ1v) is 6.76. The van der Waals surface area contributed by atoms with Crippen LogP contribution in [0.1, 0.15) is 48.0 Å². The van der Waals surface area contributed by atoms with Gasteiger partial charge in [-0.15, -0.1) is 0 Å². The van der Waals surface area contributed by atoms with Gasteiger partial charge in [-0.25, -0.2) is 0 Å².